The number of aryl methyl sites for hydroxylation is 2. The average molecular weight is 633 g/mol. The lowest BCUT2D eigenvalue weighted by molar-refractivity contribution is -0.121. The minimum Gasteiger partial charge on any atom is -0.298 e. The number of Topliss-reactive ketones (excluding diaryl/α,β-unsaturated/α-hetero) is 1. The second-order valence-electron chi connectivity index (χ2n) is 12.1. The van der Waals surface area contributed by atoms with Crippen molar-refractivity contribution in [3.63, 3.8) is 0 Å². The lowest BCUT2D eigenvalue weighted by Gasteiger charge is -2.25. The van der Waals surface area contributed by atoms with E-state index in [4.69, 9.17) is 9.97 Å². The zero-order chi connectivity index (χ0) is 31.5. The first kappa shape index (κ1) is 28.7. The number of fused-ring (bicyclic) bond motifs is 6. The Morgan fingerprint density at radius 2 is 0.913 bits per heavy atom. The highest BCUT2D eigenvalue weighted by molar-refractivity contribution is 7.26. The van der Waals surface area contributed by atoms with Gasteiger partial charge in [-0.1, -0.05) is 111 Å². The van der Waals surface area contributed by atoms with Crippen molar-refractivity contribution < 1.29 is 4.79 Å². The first-order valence-corrected chi connectivity index (χ1v) is 17.3. The van der Waals surface area contributed by atoms with Crippen LogP contribution in [0.5, 0.6) is 0 Å². The van der Waals surface area contributed by atoms with E-state index in [0.717, 1.165) is 65.2 Å². The molecule has 0 aliphatic heterocycles. The van der Waals surface area contributed by atoms with Crippen molar-refractivity contribution in [2.45, 2.75) is 39.5 Å². The summed E-state index contributed by atoms with van der Waals surface area (Å²) in [5, 5.41) is 4.63. The molecule has 0 fully saturated rings. The molecule has 4 heterocycles. The third kappa shape index (κ3) is 4.49. The summed E-state index contributed by atoms with van der Waals surface area (Å²) < 4.78 is 2.41. The van der Waals surface area contributed by atoms with Gasteiger partial charge in [0.15, 0.2) is 0 Å². The van der Waals surface area contributed by atoms with Gasteiger partial charge in [-0.15, -0.1) is 22.7 Å². The standard InChI is InChI=1S/C41H32N2OS2/c1-23(33-25(3)42-40-37(29-19-11-13-21-31(29)45-40)35(33)27-15-7-5-8-16-27)39(44)24(2)34-26(4)43-41-38(30-20-12-14-22-32(30)46-41)36(34)28-17-9-6-10-18-28/h5-24H,1-4H3. The maximum absolute atomic E-state index is 14.9. The Morgan fingerprint density at radius 1 is 0.543 bits per heavy atom. The van der Waals surface area contributed by atoms with Crippen molar-refractivity contribution in [2.75, 3.05) is 0 Å². The minimum atomic E-state index is -0.390. The smallest absolute Gasteiger partial charge is 0.147 e. The predicted molar refractivity (Wildman–Crippen MR) is 196 cm³/mol. The van der Waals surface area contributed by atoms with Crippen LogP contribution in [0.15, 0.2) is 109 Å². The van der Waals surface area contributed by atoms with Crippen LogP contribution in [0, 0.1) is 13.8 Å². The van der Waals surface area contributed by atoms with Gasteiger partial charge in [-0.05, 0) is 59.4 Å². The van der Waals surface area contributed by atoms with Crippen LogP contribution in [0.25, 0.3) is 62.9 Å². The molecular weight excluding hydrogens is 601 g/mol. The summed E-state index contributed by atoms with van der Waals surface area (Å²) in [6, 6.07) is 38.0. The fraction of sp³-hybridized carbons (Fsp3) is 0.146. The third-order valence-corrected chi connectivity index (χ3v) is 11.5. The topological polar surface area (TPSA) is 42.9 Å². The van der Waals surface area contributed by atoms with Crippen molar-refractivity contribution in [2.24, 2.45) is 0 Å². The van der Waals surface area contributed by atoms with Crippen molar-refractivity contribution >= 4 is 69.1 Å². The van der Waals surface area contributed by atoms with Gasteiger partial charge in [0.2, 0.25) is 0 Å². The van der Waals surface area contributed by atoms with Gasteiger partial charge in [0.05, 0.1) is 0 Å². The second kappa shape index (κ2) is 11.3. The molecule has 224 valence electrons. The Labute approximate surface area is 276 Å². The lowest BCUT2D eigenvalue weighted by Crippen LogP contribution is -2.20. The van der Waals surface area contributed by atoms with Gasteiger partial charge in [0.1, 0.15) is 15.4 Å². The quantitative estimate of drug-likeness (QED) is 0.183. The number of hydrogen-bond acceptors (Lipinski definition) is 5. The molecule has 0 saturated carbocycles. The molecule has 3 nitrogen and oxygen atoms in total. The number of ketones is 1. The number of aromatic nitrogens is 2. The molecule has 8 rings (SSSR count). The second-order valence-corrected chi connectivity index (χ2v) is 14.2. The fourth-order valence-corrected chi connectivity index (χ4v) is 9.55. The maximum atomic E-state index is 14.9. The van der Waals surface area contributed by atoms with Crippen LogP contribution in [0.3, 0.4) is 0 Å². The number of benzene rings is 4. The first-order chi connectivity index (χ1) is 22.4. The summed E-state index contributed by atoms with van der Waals surface area (Å²) in [5.41, 5.74) is 8.28. The van der Waals surface area contributed by atoms with E-state index in [2.05, 4.69) is 125 Å². The Hall–Kier alpha value is -4.71. The Morgan fingerprint density at radius 3 is 1.33 bits per heavy atom. The molecule has 2 unspecified atom stereocenters. The largest absolute Gasteiger partial charge is 0.298 e. The van der Waals surface area contributed by atoms with E-state index in [1.165, 1.54) is 20.2 Å². The molecule has 46 heavy (non-hydrogen) atoms. The highest BCUT2D eigenvalue weighted by atomic mass is 32.1. The van der Waals surface area contributed by atoms with Gasteiger partial charge in [-0.3, -0.25) is 4.79 Å². The SMILES string of the molecule is Cc1nc2sc3ccccc3c2c(-c2ccccc2)c1C(C)C(=O)C(C)c1c(C)nc2sc3ccccc3c2c1-c1ccccc1. The molecule has 8 aromatic rings. The summed E-state index contributed by atoms with van der Waals surface area (Å²) in [4.78, 5) is 27.2. The number of carbonyl (C=O) groups excluding carboxylic acids is 1. The van der Waals surface area contributed by atoms with Crippen LogP contribution in [-0.2, 0) is 4.79 Å². The molecule has 4 aromatic heterocycles. The molecule has 0 radical (unpaired) electrons. The van der Waals surface area contributed by atoms with Crippen molar-refractivity contribution in [3.8, 4) is 22.3 Å². The summed E-state index contributed by atoms with van der Waals surface area (Å²) >= 11 is 3.44. The van der Waals surface area contributed by atoms with Crippen LogP contribution in [-0.4, -0.2) is 15.8 Å². The fourth-order valence-electron chi connectivity index (χ4n) is 7.29. The number of pyridine rings is 2. The average Bonchev–Trinajstić information content (AvgIpc) is 3.64. The van der Waals surface area contributed by atoms with Gasteiger partial charge in [0, 0.05) is 54.2 Å². The number of thiophene rings is 2. The van der Waals surface area contributed by atoms with Crippen molar-refractivity contribution in [1.29, 1.82) is 0 Å². The maximum Gasteiger partial charge on any atom is 0.147 e. The summed E-state index contributed by atoms with van der Waals surface area (Å²) in [7, 11) is 0. The molecular formula is C41H32N2OS2. The minimum absolute atomic E-state index is 0.168. The molecule has 0 saturated heterocycles. The third-order valence-electron chi connectivity index (χ3n) is 9.36. The van der Waals surface area contributed by atoms with E-state index in [-0.39, 0.29) is 5.78 Å². The molecule has 0 bridgehead atoms. The Bertz CT molecular complexity index is 2270. The van der Waals surface area contributed by atoms with Gasteiger partial charge in [-0.2, -0.15) is 0 Å². The zero-order valence-electron chi connectivity index (χ0n) is 26.2. The van der Waals surface area contributed by atoms with E-state index in [0.29, 0.717) is 0 Å². The van der Waals surface area contributed by atoms with E-state index in [1.54, 1.807) is 22.7 Å². The molecule has 4 aromatic carbocycles. The highest BCUT2D eigenvalue weighted by Crippen LogP contribution is 2.47. The summed E-state index contributed by atoms with van der Waals surface area (Å²) in [6.07, 6.45) is 0. The highest BCUT2D eigenvalue weighted by Gasteiger charge is 2.32. The normalized spacial score (nSPS) is 13.1. The van der Waals surface area contributed by atoms with E-state index < -0.39 is 11.8 Å². The number of hydrogen-bond donors (Lipinski definition) is 0. The number of rotatable bonds is 6. The van der Waals surface area contributed by atoms with Crippen molar-refractivity contribution in [1.82, 2.24) is 9.97 Å². The molecule has 2 atom stereocenters. The Balaban J connectivity index is 1.35. The molecule has 0 aliphatic carbocycles. The zero-order valence-corrected chi connectivity index (χ0v) is 27.8. The molecule has 0 spiro atoms. The number of carbonyl (C=O) groups is 1. The monoisotopic (exact) mass is 632 g/mol. The van der Waals surface area contributed by atoms with Gasteiger partial charge in [-0.25, -0.2) is 9.97 Å². The molecule has 0 amide bonds. The van der Waals surface area contributed by atoms with Crippen LogP contribution in [0.2, 0.25) is 0 Å². The van der Waals surface area contributed by atoms with Crippen LogP contribution in [0.4, 0.5) is 0 Å². The van der Waals surface area contributed by atoms with Crippen LogP contribution >= 0.6 is 22.7 Å². The lowest BCUT2D eigenvalue weighted by atomic mass is 9.78. The van der Waals surface area contributed by atoms with Gasteiger partial charge in [0.25, 0.3) is 0 Å². The predicted octanol–water partition coefficient (Wildman–Crippen LogP) is 11.6. The van der Waals surface area contributed by atoms with Gasteiger partial charge < -0.3 is 0 Å². The van der Waals surface area contributed by atoms with Crippen molar-refractivity contribution in [3.05, 3.63) is 132 Å². The van der Waals surface area contributed by atoms with Crippen LogP contribution in [0.1, 0.15) is 48.2 Å². The van der Waals surface area contributed by atoms with E-state index in [1.807, 2.05) is 12.1 Å². The summed E-state index contributed by atoms with van der Waals surface area (Å²) in [6.45, 7) is 8.26. The van der Waals surface area contributed by atoms with Crippen LogP contribution < -0.4 is 0 Å². The van der Waals surface area contributed by atoms with Gasteiger partial charge >= 0.3 is 0 Å². The Kier molecular flexibility index (Phi) is 7.04. The number of nitrogens with zero attached hydrogens (tertiary/aromatic N) is 2. The molecule has 5 heteroatoms. The molecule has 0 N–H and O–H groups in total. The first-order valence-electron chi connectivity index (χ1n) is 15.7. The van der Waals surface area contributed by atoms with E-state index >= 15 is 0 Å². The van der Waals surface area contributed by atoms with E-state index in [9.17, 15) is 4.79 Å². The molecule has 0 aliphatic rings. The summed E-state index contributed by atoms with van der Waals surface area (Å²) in [5.74, 6) is -0.612.